The summed E-state index contributed by atoms with van der Waals surface area (Å²) < 4.78 is 15.1. The topological polar surface area (TPSA) is 92.7 Å². The molecular weight excluding hydrogens is 361 g/mol. The number of hydrogen-bond acceptors (Lipinski definition) is 3. The van der Waals surface area contributed by atoms with Gasteiger partial charge >= 0.3 is 6.03 Å². The first-order valence-electron chi connectivity index (χ1n) is 9.00. The van der Waals surface area contributed by atoms with E-state index in [0.29, 0.717) is 35.6 Å². The Morgan fingerprint density at radius 2 is 1.93 bits per heavy atom. The number of urea groups is 1. The number of aromatic nitrogens is 2. The Bertz CT molecular complexity index is 1040. The van der Waals surface area contributed by atoms with Gasteiger partial charge in [0.15, 0.2) is 0 Å². The molecular formula is C20H20FN5O2. The fraction of sp³-hybridized carbons (Fsp3) is 0.250. The Kier molecular flexibility index (Phi) is 4.46. The van der Waals surface area contributed by atoms with E-state index in [1.165, 1.54) is 12.1 Å². The second-order valence-corrected chi connectivity index (χ2v) is 7.01. The first kappa shape index (κ1) is 18.0. The van der Waals surface area contributed by atoms with Crippen molar-refractivity contribution in [1.82, 2.24) is 14.3 Å². The van der Waals surface area contributed by atoms with E-state index < -0.39 is 0 Å². The van der Waals surface area contributed by atoms with Gasteiger partial charge in [-0.25, -0.2) is 14.2 Å². The molecule has 0 atom stereocenters. The number of benzene rings is 1. The quantitative estimate of drug-likeness (QED) is 0.728. The summed E-state index contributed by atoms with van der Waals surface area (Å²) in [5.74, 6) is -0.340. The number of anilines is 1. The summed E-state index contributed by atoms with van der Waals surface area (Å²) >= 11 is 0. The van der Waals surface area contributed by atoms with E-state index >= 15 is 0 Å². The summed E-state index contributed by atoms with van der Waals surface area (Å²) in [5.41, 5.74) is 7.22. The van der Waals surface area contributed by atoms with Gasteiger partial charge in [0, 0.05) is 30.8 Å². The monoisotopic (exact) mass is 381 g/mol. The Morgan fingerprint density at radius 1 is 1.21 bits per heavy atom. The lowest BCUT2D eigenvalue weighted by molar-refractivity contribution is -0.125. The van der Waals surface area contributed by atoms with Crippen molar-refractivity contribution in [2.45, 2.75) is 18.9 Å². The molecule has 2 aromatic heterocycles. The molecule has 0 bridgehead atoms. The van der Waals surface area contributed by atoms with E-state index in [4.69, 9.17) is 5.73 Å². The molecule has 8 heteroatoms. The fourth-order valence-electron chi connectivity index (χ4n) is 3.42. The number of amides is 3. The number of nitrogens with zero attached hydrogens (tertiary/aromatic N) is 3. The normalized spacial score (nSPS) is 18.5. The first-order chi connectivity index (χ1) is 13.4. The Morgan fingerprint density at radius 3 is 2.61 bits per heavy atom. The summed E-state index contributed by atoms with van der Waals surface area (Å²) in [7, 11) is 1.69. The minimum Gasteiger partial charge on any atom is -0.369 e. The molecule has 1 aliphatic carbocycles. The molecule has 0 aliphatic heterocycles. The second kappa shape index (κ2) is 6.95. The van der Waals surface area contributed by atoms with E-state index in [-0.39, 0.29) is 29.7 Å². The van der Waals surface area contributed by atoms with Crippen LogP contribution in [-0.2, 0) is 4.79 Å². The molecule has 144 valence electrons. The Labute approximate surface area is 161 Å². The standard InChI is InChI=1S/C20H20FN5O2/c1-25(15-10-13(11-15)18(22)27)20(28)24-19-17(12-5-7-14(21)8-6-12)23-16-4-2-3-9-26(16)19/h2-9,13,15H,10-11H2,1H3,(H2,22,27)(H,24,28). The van der Waals surface area contributed by atoms with Gasteiger partial charge in [-0.05, 0) is 49.2 Å². The lowest BCUT2D eigenvalue weighted by atomic mass is 9.79. The first-order valence-corrected chi connectivity index (χ1v) is 9.00. The van der Waals surface area contributed by atoms with Crippen molar-refractivity contribution in [1.29, 1.82) is 0 Å². The van der Waals surface area contributed by atoms with Crippen molar-refractivity contribution >= 4 is 23.4 Å². The summed E-state index contributed by atoms with van der Waals surface area (Å²) in [6.45, 7) is 0. The van der Waals surface area contributed by atoms with Crippen LogP contribution in [0.5, 0.6) is 0 Å². The minimum absolute atomic E-state index is 0.0362. The number of pyridine rings is 1. The zero-order chi connectivity index (χ0) is 19.8. The van der Waals surface area contributed by atoms with E-state index in [0.717, 1.165) is 0 Å². The van der Waals surface area contributed by atoms with Crippen molar-refractivity contribution in [3.8, 4) is 11.3 Å². The third-order valence-electron chi connectivity index (χ3n) is 5.26. The van der Waals surface area contributed by atoms with Crippen LogP contribution in [0.3, 0.4) is 0 Å². The van der Waals surface area contributed by atoms with Gasteiger partial charge in [-0.1, -0.05) is 6.07 Å². The molecule has 7 nitrogen and oxygen atoms in total. The molecule has 0 spiro atoms. The van der Waals surface area contributed by atoms with Crippen LogP contribution < -0.4 is 11.1 Å². The molecule has 4 rings (SSSR count). The zero-order valence-corrected chi connectivity index (χ0v) is 15.3. The average Bonchev–Trinajstić information content (AvgIpc) is 2.99. The number of halogens is 1. The molecule has 3 aromatic rings. The molecule has 1 saturated carbocycles. The fourth-order valence-corrected chi connectivity index (χ4v) is 3.42. The summed E-state index contributed by atoms with van der Waals surface area (Å²) in [5, 5.41) is 2.92. The number of carbonyl (C=O) groups is 2. The van der Waals surface area contributed by atoms with Crippen LogP contribution in [-0.4, -0.2) is 39.3 Å². The highest BCUT2D eigenvalue weighted by Crippen LogP contribution is 2.32. The molecule has 2 heterocycles. The van der Waals surface area contributed by atoms with Crippen LogP contribution >= 0.6 is 0 Å². The Hall–Kier alpha value is -3.42. The van der Waals surface area contributed by atoms with Gasteiger partial charge in [0.05, 0.1) is 0 Å². The SMILES string of the molecule is CN(C(=O)Nc1c(-c2ccc(F)cc2)nc2ccccn12)C1CC(C(N)=O)C1. The summed E-state index contributed by atoms with van der Waals surface area (Å²) in [6, 6.07) is 11.1. The van der Waals surface area contributed by atoms with Gasteiger partial charge in [-0.15, -0.1) is 0 Å². The van der Waals surface area contributed by atoms with Crippen LogP contribution in [0.2, 0.25) is 0 Å². The van der Waals surface area contributed by atoms with Gasteiger partial charge in [-0.2, -0.15) is 0 Å². The minimum atomic E-state index is -0.341. The molecule has 3 N–H and O–H groups in total. The van der Waals surface area contributed by atoms with Gasteiger partial charge < -0.3 is 10.6 Å². The molecule has 1 aliphatic rings. The number of primary amides is 1. The number of imidazole rings is 1. The van der Waals surface area contributed by atoms with Gasteiger partial charge in [0.2, 0.25) is 5.91 Å². The van der Waals surface area contributed by atoms with Gasteiger partial charge in [0.1, 0.15) is 23.0 Å². The second-order valence-electron chi connectivity index (χ2n) is 7.01. The smallest absolute Gasteiger partial charge is 0.323 e. The van der Waals surface area contributed by atoms with E-state index in [1.807, 2.05) is 18.2 Å². The number of fused-ring (bicyclic) bond motifs is 1. The largest absolute Gasteiger partial charge is 0.369 e. The van der Waals surface area contributed by atoms with Crippen LogP contribution in [0.1, 0.15) is 12.8 Å². The molecule has 3 amide bonds. The molecule has 0 unspecified atom stereocenters. The third kappa shape index (κ3) is 3.17. The van der Waals surface area contributed by atoms with Crippen molar-refractivity contribution in [2.75, 3.05) is 12.4 Å². The maximum absolute atomic E-state index is 13.3. The number of nitrogens with two attached hydrogens (primary N) is 1. The lowest BCUT2D eigenvalue weighted by Gasteiger charge is -2.39. The maximum atomic E-state index is 13.3. The van der Waals surface area contributed by atoms with Crippen molar-refractivity contribution < 1.29 is 14.0 Å². The third-order valence-corrected chi connectivity index (χ3v) is 5.26. The van der Waals surface area contributed by atoms with Crippen molar-refractivity contribution in [2.24, 2.45) is 11.7 Å². The van der Waals surface area contributed by atoms with Gasteiger partial charge in [0.25, 0.3) is 0 Å². The predicted octanol–water partition coefficient (Wildman–Crippen LogP) is 2.87. The Balaban J connectivity index is 1.62. The molecule has 0 radical (unpaired) electrons. The highest BCUT2D eigenvalue weighted by atomic mass is 19.1. The summed E-state index contributed by atoms with van der Waals surface area (Å²) in [4.78, 5) is 30.2. The highest BCUT2D eigenvalue weighted by molar-refractivity contribution is 5.93. The van der Waals surface area contributed by atoms with Crippen LogP contribution in [0.4, 0.5) is 15.0 Å². The lowest BCUT2D eigenvalue weighted by Crippen LogP contribution is -2.50. The van der Waals surface area contributed by atoms with E-state index in [2.05, 4.69) is 10.3 Å². The predicted molar refractivity (Wildman–Crippen MR) is 103 cm³/mol. The van der Waals surface area contributed by atoms with Crippen molar-refractivity contribution in [3.63, 3.8) is 0 Å². The van der Waals surface area contributed by atoms with Crippen LogP contribution in [0.15, 0.2) is 48.7 Å². The number of nitrogens with one attached hydrogen (secondary N) is 1. The molecule has 1 aromatic carbocycles. The number of hydrogen-bond donors (Lipinski definition) is 2. The highest BCUT2D eigenvalue weighted by Gasteiger charge is 2.37. The molecule has 0 saturated heterocycles. The van der Waals surface area contributed by atoms with Crippen LogP contribution in [0, 0.1) is 11.7 Å². The van der Waals surface area contributed by atoms with Crippen molar-refractivity contribution in [3.05, 3.63) is 54.5 Å². The summed E-state index contributed by atoms with van der Waals surface area (Å²) in [6.07, 6.45) is 2.94. The number of carbonyl (C=O) groups excluding carboxylic acids is 2. The number of rotatable bonds is 4. The van der Waals surface area contributed by atoms with E-state index in [9.17, 15) is 14.0 Å². The van der Waals surface area contributed by atoms with E-state index in [1.54, 1.807) is 34.7 Å². The molecule has 1 fully saturated rings. The zero-order valence-electron chi connectivity index (χ0n) is 15.3. The molecule has 28 heavy (non-hydrogen) atoms. The van der Waals surface area contributed by atoms with Gasteiger partial charge in [-0.3, -0.25) is 14.5 Å². The average molecular weight is 381 g/mol. The van der Waals surface area contributed by atoms with Crippen LogP contribution in [0.25, 0.3) is 16.9 Å². The maximum Gasteiger partial charge on any atom is 0.323 e.